The normalized spacial score (nSPS) is 39.2. The second-order valence-electron chi connectivity index (χ2n) is 9.40. The van der Waals surface area contributed by atoms with Crippen molar-refractivity contribution in [2.24, 2.45) is 22.7 Å². The third-order valence-corrected chi connectivity index (χ3v) is 7.15. The molecule has 3 nitrogen and oxygen atoms in total. The van der Waals surface area contributed by atoms with Gasteiger partial charge in [0.05, 0.1) is 12.7 Å². The zero-order valence-electron chi connectivity index (χ0n) is 16.4. The molecule has 1 unspecified atom stereocenters. The van der Waals surface area contributed by atoms with Gasteiger partial charge in [-0.25, -0.2) is 4.79 Å². The van der Waals surface area contributed by atoms with Crippen LogP contribution in [0.15, 0.2) is 11.6 Å². The van der Waals surface area contributed by atoms with Crippen LogP contribution in [0, 0.1) is 22.7 Å². The molecule has 4 atom stereocenters. The third kappa shape index (κ3) is 3.71. The standard InChI is InChI=1S/C21H36O3/c1-15(14-18(22)24-6)8-9-17-20(4)12-7-11-19(2,3)16(20)10-13-21(17,5)23/h14,16-17,23H,7-13H2,1-6H3/b15-14-/t16?,17-,20+,21-/m1/s1. The summed E-state index contributed by atoms with van der Waals surface area (Å²) >= 11 is 0. The van der Waals surface area contributed by atoms with Gasteiger partial charge in [0.2, 0.25) is 0 Å². The number of carbonyl (C=O) groups is 1. The molecular weight excluding hydrogens is 300 g/mol. The van der Waals surface area contributed by atoms with Gasteiger partial charge < -0.3 is 9.84 Å². The first-order valence-corrected chi connectivity index (χ1v) is 9.50. The molecule has 3 heteroatoms. The Morgan fingerprint density at radius 2 is 1.88 bits per heavy atom. The van der Waals surface area contributed by atoms with Crippen LogP contribution in [-0.2, 0) is 9.53 Å². The number of aliphatic hydroxyl groups is 1. The first kappa shape index (κ1) is 19.5. The summed E-state index contributed by atoms with van der Waals surface area (Å²) < 4.78 is 4.72. The van der Waals surface area contributed by atoms with E-state index in [0.717, 1.165) is 31.3 Å². The van der Waals surface area contributed by atoms with E-state index in [0.29, 0.717) is 11.3 Å². The predicted molar refractivity (Wildman–Crippen MR) is 97.6 cm³/mol. The molecule has 2 fully saturated rings. The smallest absolute Gasteiger partial charge is 0.330 e. The van der Waals surface area contributed by atoms with E-state index in [1.165, 1.54) is 26.4 Å². The lowest BCUT2D eigenvalue weighted by Crippen LogP contribution is -2.57. The van der Waals surface area contributed by atoms with Gasteiger partial charge in [-0.2, -0.15) is 0 Å². The number of carbonyl (C=O) groups excluding carboxylic acids is 1. The van der Waals surface area contributed by atoms with E-state index < -0.39 is 5.60 Å². The number of hydrogen-bond acceptors (Lipinski definition) is 3. The van der Waals surface area contributed by atoms with E-state index in [4.69, 9.17) is 4.74 Å². The number of ether oxygens (including phenoxy) is 1. The van der Waals surface area contributed by atoms with Crippen molar-refractivity contribution in [1.29, 1.82) is 0 Å². The average Bonchev–Trinajstić information content (AvgIpc) is 2.44. The number of fused-ring (bicyclic) bond motifs is 1. The zero-order chi connectivity index (χ0) is 18.2. The van der Waals surface area contributed by atoms with Crippen molar-refractivity contribution in [2.45, 2.75) is 85.2 Å². The summed E-state index contributed by atoms with van der Waals surface area (Å²) in [6, 6.07) is 0. The summed E-state index contributed by atoms with van der Waals surface area (Å²) in [7, 11) is 1.41. The molecular formula is C21H36O3. The van der Waals surface area contributed by atoms with Crippen LogP contribution in [0.4, 0.5) is 0 Å². The lowest BCUT2D eigenvalue weighted by molar-refractivity contribution is -0.168. The van der Waals surface area contributed by atoms with Gasteiger partial charge in [-0.15, -0.1) is 0 Å². The van der Waals surface area contributed by atoms with Crippen LogP contribution in [0.5, 0.6) is 0 Å². The molecule has 0 radical (unpaired) electrons. The molecule has 0 aromatic carbocycles. The monoisotopic (exact) mass is 336 g/mol. The van der Waals surface area contributed by atoms with E-state index >= 15 is 0 Å². The Bertz CT molecular complexity index is 503. The van der Waals surface area contributed by atoms with Gasteiger partial charge in [0.25, 0.3) is 0 Å². The van der Waals surface area contributed by atoms with Crippen LogP contribution in [0.3, 0.4) is 0 Å². The van der Waals surface area contributed by atoms with Gasteiger partial charge in [-0.1, -0.05) is 32.8 Å². The summed E-state index contributed by atoms with van der Waals surface area (Å²) in [5, 5.41) is 11.1. The predicted octanol–water partition coefficient (Wildman–Crippen LogP) is 4.88. The number of rotatable bonds is 4. The minimum Gasteiger partial charge on any atom is -0.466 e. The molecule has 138 valence electrons. The van der Waals surface area contributed by atoms with Crippen molar-refractivity contribution in [3.05, 3.63) is 11.6 Å². The topological polar surface area (TPSA) is 46.5 Å². The van der Waals surface area contributed by atoms with Gasteiger partial charge in [0, 0.05) is 6.08 Å². The van der Waals surface area contributed by atoms with Crippen molar-refractivity contribution in [1.82, 2.24) is 0 Å². The van der Waals surface area contributed by atoms with E-state index in [1.807, 2.05) is 13.8 Å². The van der Waals surface area contributed by atoms with E-state index in [2.05, 4.69) is 20.8 Å². The molecule has 1 N–H and O–H groups in total. The number of hydrogen-bond donors (Lipinski definition) is 1. The molecule has 0 amide bonds. The van der Waals surface area contributed by atoms with Crippen LogP contribution in [0.25, 0.3) is 0 Å². The van der Waals surface area contributed by atoms with Gasteiger partial charge in [-0.3, -0.25) is 0 Å². The first-order valence-electron chi connectivity index (χ1n) is 9.50. The molecule has 2 saturated carbocycles. The average molecular weight is 337 g/mol. The molecule has 2 aliphatic carbocycles. The Hall–Kier alpha value is -0.830. The summed E-state index contributed by atoms with van der Waals surface area (Å²) in [6.45, 7) is 11.2. The van der Waals surface area contributed by atoms with Gasteiger partial charge >= 0.3 is 5.97 Å². The highest BCUT2D eigenvalue weighted by Gasteiger charge is 2.57. The zero-order valence-corrected chi connectivity index (χ0v) is 16.4. The second kappa shape index (κ2) is 6.82. The van der Waals surface area contributed by atoms with Crippen molar-refractivity contribution < 1.29 is 14.6 Å². The van der Waals surface area contributed by atoms with Crippen molar-refractivity contribution in [3.8, 4) is 0 Å². The minimum absolute atomic E-state index is 0.190. The number of allylic oxidation sites excluding steroid dienone is 1. The Balaban J connectivity index is 2.21. The number of methoxy groups -OCH3 is 1. The van der Waals surface area contributed by atoms with Crippen molar-refractivity contribution in [2.75, 3.05) is 7.11 Å². The fourth-order valence-corrected chi connectivity index (χ4v) is 5.97. The summed E-state index contributed by atoms with van der Waals surface area (Å²) in [6.07, 6.45) is 9.15. The fourth-order valence-electron chi connectivity index (χ4n) is 5.97. The largest absolute Gasteiger partial charge is 0.466 e. The highest BCUT2D eigenvalue weighted by molar-refractivity contribution is 5.82. The van der Waals surface area contributed by atoms with Crippen LogP contribution < -0.4 is 0 Å². The van der Waals surface area contributed by atoms with Crippen LogP contribution in [0.2, 0.25) is 0 Å². The Morgan fingerprint density at radius 1 is 1.21 bits per heavy atom. The quantitative estimate of drug-likeness (QED) is 0.588. The molecule has 24 heavy (non-hydrogen) atoms. The van der Waals surface area contributed by atoms with Crippen LogP contribution in [-0.4, -0.2) is 23.8 Å². The third-order valence-electron chi connectivity index (χ3n) is 7.15. The maximum atomic E-state index is 11.4. The maximum absolute atomic E-state index is 11.4. The van der Waals surface area contributed by atoms with Gasteiger partial charge in [-0.05, 0) is 75.0 Å². The first-order chi connectivity index (χ1) is 11.0. The molecule has 0 saturated heterocycles. The highest BCUT2D eigenvalue weighted by Crippen LogP contribution is 2.62. The molecule has 0 spiro atoms. The van der Waals surface area contributed by atoms with Crippen molar-refractivity contribution >= 4 is 5.97 Å². The van der Waals surface area contributed by atoms with E-state index in [-0.39, 0.29) is 17.3 Å². The maximum Gasteiger partial charge on any atom is 0.330 e. The summed E-state index contributed by atoms with van der Waals surface area (Å²) in [4.78, 5) is 11.4. The molecule has 0 aromatic heterocycles. The molecule has 2 aliphatic rings. The SMILES string of the molecule is COC(=O)/C=C(/C)CC[C@@H]1[C@@]2(C)CCCC(C)(C)C2CC[C@@]1(C)O. The second-order valence-corrected chi connectivity index (χ2v) is 9.40. The Kier molecular flexibility index (Phi) is 5.54. The summed E-state index contributed by atoms with van der Waals surface area (Å²) in [5.41, 5.74) is 0.983. The van der Waals surface area contributed by atoms with Crippen molar-refractivity contribution in [3.63, 3.8) is 0 Å². The Labute approximate surface area is 147 Å². The van der Waals surface area contributed by atoms with Gasteiger partial charge in [0.1, 0.15) is 0 Å². The Morgan fingerprint density at radius 3 is 2.50 bits per heavy atom. The minimum atomic E-state index is -0.607. The fraction of sp³-hybridized carbons (Fsp3) is 0.857. The lowest BCUT2D eigenvalue weighted by atomic mass is 9.45. The van der Waals surface area contributed by atoms with E-state index in [9.17, 15) is 9.90 Å². The van der Waals surface area contributed by atoms with Crippen LogP contribution >= 0.6 is 0 Å². The molecule has 0 heterocycles. The van der Waals surface area contributed by atoms with Crippen LogP contribution in [0.1, 0.15) is 79.6 Å². The molecule has 2 rings (SSSR count). The lowest BCUT2D eigenvalue weighted by Gasteiger charge is -2.61. The molecule has 0 aromatic rings. The van der Waals surface area contributed by atoms with E-state index in [1.54, 1.807) is 6.08 Å². The van der Waals surface area contributed by atoms with Gasteiger partial charge in [0.15, 0.2) is 0 Å². The molecule has 0 aliphatic heterocycles. The molecule has 0 bridgehead atoms. The highest BCUT2D eigenvalue weighted by atomic mass is 16.5. The number of esters is 1. The summed E-state index contributed by atoms with van der Waals surface area (Å²) in [5.74, 6) is 0.670.